The lowest BCUT2D eigenvalue weighted by Gasteiger charge is -2.26. The number of esters is 1. The van der Waals surface area contributed by atoms with E-state index >= 15 is 0 Å². The van der Waals surface area contributed by atoms with Gasteiger partial charge in [0.15, 0.2) is 0 Å². The Labute approximate surface area is 284 Å². The maximum atomic E-state index is 14.0. The number of nitrogens with zero attached hydrogens (tertiary/aromatic N) is 3. The third-order valence-electron chi connectivity index (χ3n) is 9.15. The van der Waals surface area contributed by atoms with Crippen LogP contribution < -0.4 is 20.1 Å². The summed E-state index contributed by atoms with van der Waals surface area (Å²) in [7, 11) is 1.61. The summed E-state index contributed by atoms with van der Waals surface area (Å²) in [6.07, 6.45) is 7.56. The highest BCUT2D eigenvalue weighted by Gasteiger charge is 2.62. The average molecular weight is 674 g/mol. The summed E-state index contributed by atoms with van der Waals surface area (Å²) < 4.78 is 17.5. The summed E-state index contributed by atoms with van der Waals surface area (Å²) in [5.74, 6) is 0.393. The van der Waals surface area contributed by atoms with Gasteiger partial charge in [-0.2, -0.15) is 0 Å². The molecule has 2 N–H and O–H groups in total. The summed E-state index contributed by atoms with van der Waals surface area (Å²) in [5.41, 5.74) is 4.36. The van der Waals surface area contributed by atoms with Crippen LogP contribution in [0.1, 0.15) is 70.9 Å². The number of thiazole rings is 1. The predicted octanol–water partition coefficient (Wildman–Crippen LogP) is 5.74. The van der Waals surface area contributed by atoms with Crippen LogP contribution in [-0.4, -0.2) is 77.3 Å². The number of carbonyl (C=O) groups is 3. The number of benzene rings is 1. The van der Waals surface area contributed by atoms with Crippen molar-refractivity contribution in [2.45, 2.75) is 82.9 Å². The molecule has 4 atom stereocenters. The molecule has 1 saturated heterocycles. The number of pyridine rings is 1. The van der Waals surface area contributed by atoms with Gasteiger partial charge in [0.1, 0.15) is 39.9 Å². The van der Waals surface area contributed by atoms with E-state index in [2.05, 4.69) is 30.2 Å². The van der Waals surface area contributed by atoms with E-state index < -0.39 is 29.6 Å². The number of hydrogen-bond acceptors (Lipinski definition) is 9. The molecular weight excluding hydrogens is 630 g/mol. The topological polar surface area (TPSA) is 132 Å². The molecule has 12 heteroatoms. The minimum Gasteiger partial charge on any atom is -0.497 e. The van der Waals surface area contributed by atoms with Gasteiger partial charge in [0.05, 0.1) is 31.5 Å². The van der Waals surface area contributed by atoms with Crippen LogP contribution in [0.4, 0.5) is 4.79 Å². The van der Waals surface area contributed by atoms with Crippen LogP contribution >= 0.6 is 11.3 Å². The number of nitrogens with one attached hydrogen (secondary N) is 2. The second kappa shape index (κ2) is 14.4. The summed E-state index contributed by atoms with van der Waals surface area (Å²) in [6, 6.07) is 6.30. The highest BCUT2D eigenvalue weighted by molar-refractivity contribution is 7.13. The lowest BCUT2D eigenvalue weighted by atomic mass is 10.1. The van der Waals surface area contributed by atoms with E-state index in [1.807, 2.05) is 41.8 Å². The van der Waals surface area contributed by atoms with E-state index in [0.29, 0.717) is 35.7 Å². The third-order valence-corrected chi connectivity index (χ3v) is 10.0. The number of methoxy groups -OCH3 is 1. The van der Waals surface area contributed by atoms with Crippen molar-refractivity contribution < 1.29 is 28.6 Å². The van der Waals surface area contributed by atoms with Crippen molar-refractivity contribution >= 4 is 40.1 Å². The fourth-order valence-corrected chi connectivity index (χ4v) is 7.25. The summed E-state index contributed by atoms with van der Waals surface area (Å²) in [4.78, 5) is 51.9. The Hall–Kier alpha value is -4.41. The molecule has 4 heterocycles. The van der Waals surface area contributed by atoms with Gasteiger partial charge in [-0.1, -0.05) is 20.3 Å². The van der Waals surface area contributed by atoms with Gasteiger partial charge in [0, 0.05) is 41.8 Å². The molecule has 254 valence electrons. The van der Waals surface area contributed by atoms with E-state index in [1.54, 1.807) is 14.0 Å². The minimum atomic E-state index is -1.18. The fourth-order valence-electron chi connectivity index (χ4n) is 6.31. The number of urea groups is 1. The SMILES string of the molecule is CCOC(=O)[C@@]12C[C@@H]1C=C=CCCCCCNC(=O)N1C[C@H](Oc3cc(-c4nc(C(C)C)cs4)nc4cc(OC)ccc34)C[C@H]1C(=O)N2. The largest absolute Gasteiger partial charge is 0.497 e. The highest BCUT2D eigenvalue weighted by Crippen LogP contribution is 2.46. The number of amides is 3. The Bertz CT molecular complexity index is 1750. The molecule has 0 bridgehead atoms. The van der Waals surface area contributed by atoms with Crippen molar-refractivity contribution in [1.29, 1.82) is 0 Å². The van der Waals surface area contributed by atoms with Gasteiger partial charge in [0.2, 0.25) is 5.91 Å². The van der Waals surface area contributed by atoms with Gasteiger partial charge in [0.25, 0.3) is 0 Å². The average Bonchev–Trinajstić information content (AvgIpc) is 3.38. The van der Waals surface area contributed by atoms with Crippen molar-refractivity contribution in [3.05, 3.63) is 53.2 Å². The van der Waals surface area contributed by atoms with Crippen LogP contribution in [0.2, 0.25) is 0 Å². The summed E-state index contributed by atoms with van der Waals surface area (Å²) in [6.45, 7) is 6.82. The number of rotatable bonds is 7. The smallest absolute Gasteiger partial charge is 0.332 e. The van der Waals surface area contributed by atoms with Crippen molar-refractivity contribution in [3.63, 3.8) is 0 Å². The van der Waals surface area contributed by atoms with E-state index in [0.717, 1.165) is 41.8 Å². The first-order valence-corrected chi connectivity index (χ1v) is 17.7. The summed E-state index contributed by atoms with van der Waals surface area (Å²) in [5, 5.41) is 9.57. The van der Waals surface area contributed by atoms with Crippen molar-refractivity contribution in [3.8, 4) is 22.2 Å². The van der Waals surface area contributed by atoms with E-state index in [9.17, 15) is 14.4 Å². The molecule has 3 aliphatic rings. The lowest BCUT2D eigenvalue weighted by molar-refractivity contribution is -0.149. The van der Waals surface area contributed by atoms with Crippen LogP contribution in [0.15, 0.2) is 47.5 Å². The first-order valence-electron chi connectivity index (χ1n) is 16.8. The van der Waals surface area contributed by atoms with Gasteiger partial charge >= 0.3 is 12.0 Å². The number of fused-ring (bicyclic) bond motifs is 3. The normalized spacial score (nSPS) is 24.5. The van der Waals surface area contributed by atoms with Gasteiger partial charge in [-0.25, -0.2) is 19.6 Å². The quantitative estimate of drug-likeness (QED) is 0.240. The van der Waals surface area contributed by atoms with Crippen LogP contribution in [0, 0.1) is 5.92 Å². The first kappa shape index (κ1) is 33.5. The molecule has 1 saturated carbocycles. The van der Waals surface area contributed by atoms with E-state index in [4.69, 9.17) is 24.2 Å². The maximum absolute atomic E-state index is 14.0. The third kappa shape index (κ3) is 7.05. The molecule has 0 spiro atoms. The van der Waals surface area contributed by atoms with Gasteiger partial charge < -0.3 is 29.7 Å². The molecule has 3 aromatic rings. The molecule has 2 fully saturated rings. The first-order chi connectivity index (χ1) is 23.2. The zero-order chi connectivity index (χ0) is 33.8. The minimum absolute atomic E-state index is 0.187. The highest BCUT2D eigenvalue weighted by atomic mass is 32.1. The lowest BCUT2D eigenvalue weighted by Crippen LogP contribution is -2.54. The molecule has 0 radical (unpaired) electrons. The molecule has 1 aromatic carbocycles. The van der Waals surface area contributed by atoms with Gasteiger partial charge in [-0.05, 0) is 62.8 Å². The zero-order valence-electron chi connectivity index (χ0n) is 27.9. The van der Waals surface area contributed by atoms with Gasteiger partial charge in [-0.15, -0.1) is 17.1 Å². The molecule has 0 unspecified atom stereocenters. The standard InChI is InChI=1S/C36H43N5O6S/c1-5-46-34(43)36-19-23(36)12-10-8-6-7-9-11-15-37-35(44)41-20-25(17-30(41)32(42)40-36)47-31-18-28(33-39-29(21-48-33)22(2)3)38-27-16-24(45-4)13-14-26(27)31/h8,12-14,16,18,21-23,25,30H,5-7,9,11,15,17,19-20H2,1-4H3,(H,37,44)(H,40,42)/t10?,23-,25+,30-,36+/m0/s1. The van der Waals surface area contributed by atoms with Crippen molar-refractivity contribution in [2.75, 3.05) is 26.8 Å². The Kier molecular flexibility index (Phi) is 10.0. The fraction of sp³-hybridized carbons (Fsp3) is 0.500. The molecule has 6 rings (SSSR count). The second-order valence-corrected chi connectivity index (χ2v) is 13.7. The zero-order valence-corrected chi connectivity index (χ0v) is 28.7. The Morgan fingerprint density at radius 3 is 2.81 bits per heavy atom. The Morgan fingerprint density at radius 2 is 2.04 bits per heavy atom. The van der Waals surface area contributed by atoms with E-state index in [1.165, 1.54) is 16.2 Å². The molecule has 3 amide bonds. The number of ether oxygens (including phenoxy) is 3. The number of aromatic nitrogens is 2. The molecular formula is C36H43N5O6S. The number of carbonyl (C=O) groups excluding carboxylic acids is 3. The van der Waals surface area contributed by atoms with E-state index in [-0.39, 0.29) is 37.4 Å². The molecule has 2 aliphatic heterocycles. The Morgan fingerprint density at radius 1 is 1.19 bits per heavy atom. The summed E-state index contributed by atoms with van der Waals surface area (Å²) >= 11 is 1.52. The Balaban J connectivity index is 1.31. The molecule has 2 aromatic heterocycles. The number of hydrogen-bond donors (Lipinski definition) is 2. The monoisotopic (exact) mass is 673 g/mol. The van der Waals surface area contributed by atoms with Gasteiger partial charge in [-0.3, -0.25) is 4.79 Å². The second-order valence-electron chi connectivity index (χ2n) is 12.9. The molecule has 48 heavy (non-hydrogen) atoms. The molecule has 11 nitrogen and oxygen atoms in total. The maximum Gasteiger partial charge on any atom is 0.332 e. The van der Waals surface area contributed by atoms with Crippen LogP contribution in [0.5, 0.6) is 11.5 Å². The van der Waals surface area contributed by atoms with Crippen molar-refractivity contribution in [2.24, 2.45) is 5.92 Å². The van der Waals surface area contributed by atoms with Crippen molar-refractivity contribution in [1.82, 2.24) is 25.5 Å². The van der Waals surface area contributed by atoms with Crippen LogP contribution in [-0.2, 0) is 14.3 Å². The molecule has 1 aliphatic carbocycles. The van der Waals surface area contributed by atoms with Crippen LogP contribution in [0.25, 0.3) is 21.6 Å². The predicted molar refractivity (Wildman–Crippen MR) is 183 cm³/mol. The van der Waals surface area contributed by atoms with Crippen LogP contribution in [0.3, 0.4) is 0 Å².